The van der Waals surface area contributed by atoms with Crippen LogP contribution in [0.5, 0.6) is 0 Å². The van der Waals surface area contributed by atoms with Gasteiger partial charge in [0.15, 0.2) is 0 Å². The zero-order valence-electron chi connectivity index (χ0n) is 9.50. The summed E-state index contributed by atoms with van der Waals surface area (Å²) in [5.74, 6) is 0.403. The topological polar surface area (TPSA) is 46.2 Å². The Bertz CT molecular complexity index is 208. The third-order valence-corrected chi connectivity index (χ3v) is 3.09. The van der Waals surface area contributed by atoms with E-state index in [4.69, 9.17) is 0 Å². The fourth-order valence-corrected chi connectivity index (χ4v) is 2.04. The summed E-state index contributed by atoms with van der Waals surface area (Å²) in [4.78, 5) is 22.0. The first-order valence-electron chi connectivity index (χ1n) is 6.01. The highest BCUT2D eigenvalue weighted by Gasteiger charge is 2.21. The van der Waals surface area contributed by atoms with Gasteiger partial charge < -0.3 is 10.1 Å². The number of unbranched alkanes of at least 4 members (excludes halogenated alkanes) is 1. The zero-order chi connectivity index (χ0) is 11.1. The van der Waals surface area contributed by atoms with E-state index in [0.29, 0.717) is 12.5 Å². The van der Waals surface area contributed by atoms with E-state index in [1.54, 1.807) is 0 Å². The van der Waals surface area contributed by atoms with Crippen molar-refractivity contribution in [2.45, 2.75) is 57.9 Å². The molecule has 15 heavy (non-hydrogen) atoms. The van der Waals surface area contributed by atoms with Crippen LogP contribution in [0.15, 0.2) is 0 Å². The Morgan fingerprint density at radius 2 is 2.00 bits per heavy atom. The van der Waals surface area contributed by atoms with Gasteiger partial charge in [0, 0.05) is 18.4 Å². The number of amides is 1. The van der Waals surface area contributed by atoms with E-state index in [-0.39, 0.29) is 11.8 Å². The minimum absolute atomic E-state index is 0.173. The summed E-state index contributed by atoms with van der Waals surface area (Å²) in [5.41, 5.74) is 0. The summed E-state index contributed by atoms with van der Waals surface area (Å²) < 4.78 is 0. The molecule has 3 nitrogen and oxygen atoms in total. The van der Waals surface area contributed by atoms with Crippen LogP contribution in [0.25, 0.3) is 0 Å². The number of carbonyl (C=O) groups excluding carboxylic acids is 2. The molecule has 0 bridgehead atoms. The molecule has 3 heteroatoms. The molecule has 1 saturated carbocycles. The Hall–Kier alpha value is -0.860. The van der Waals surface area contributed by atoms with Gasteiger partial charge in [-0.2, -0.15) is 0 Å². The highest BCUT2D eigenvalue weighted by Crippen LogP contribution is 2.22. The van der Waals surface area contributed by atoms with Gasteiger partial charge in [0.2, 0.25) is 5.91 Å². The van der Waals surface area contributed by atoms with Crippen molar-refractivity contribution in [3.05, 3.63) is 0 Å². The lowest BCUT2D eigenvalue weighted by atomic mass is 9.87. The molecule has 0 spiro atoms. The molecule has 1 amide bonds. The smallest absolute Gasteiger partial charge is 0.220 e. The number of carbonyl (C=O) groups is 2. The lowest BCUT2D eigenvalue weighted by molar-refractivity contribution is -0.122. The molecule has 0 aliphatic heterocycles. The van der Waals surface area contributed by atoms with E-state index in [1.165, 1.54) is 0 Å². The predicted molar refractivity (Wildman–Crippen MR) is 59.5 cm³/mol. The van der Waals surface area contributed by atoms with Crippen molar-refractivity contribution < 1.29 is 9.59 Å². The largest absolute Gasteiger partial charge is 0.353 e. The highest BCUT2D eigenvalue weighted by molar-refractivity contribution is 5.76. The molecule has 1 N–H and O–H groups in total. The molecule has 1 rings (SSSR count). The van der Waals surface area contributed by atoms with E-state index in [0.717, 1.165) is 44.8 Å². The first-order valence-corrected chi connectivity index (χ1v) is 6.01. The molecule has 0 heterocycles. The monoisotopic (exact) mass is 211 g/mol. The minimum atomic E-state index is 0.173. The molecule has 0 radical (unpaired) electrons. The maximum Gasteiger partial charge on any atom is 0.220 e. The van der Waals surface area contributed by atoms with Crippen molar-refractivity contribution in [1.29, 1.82) is 0 Å². The van der Waals surface area contributed by atoms with Crippen LogP contribution in [0.3, 0.4) is 0 Å². The maximum absolute atomic E-state index is 11.4. The Morgan fingerprint density at radius 3 is 2.53 bits per heavy atom. The van der Waals surface area contributed by atoms with Crippen molar-refractivity contribution in [2.24, 2.45) is 5.92 Å². The molecule has 1 aliphatic carbocycles. The first kappa shape index (κ1) is 12.2. The van der Waals surface area contributed by atoms with E-state index < -0.39 is 0 Å². The average Bonchev–Trinajstić information content (AvgIpc) is 2.27. The third kappa shape index (κ3) is 4.45. The van der Waals surface area contributed by atoms with Crippen molar-refractivity contribution in [2.75, 3.05) is 0 Å². The minimum Gasteiger partial charge on any atom is -0.353 e. The van der Waals surface area contributed by atoms with Gasteiger partial charge in [-0.3, -0.25) is 4.79 Å². The second-order valence-electron chi connectivity index (χ2n) is 4.42. The van der Waals surface area contributed by atoms with Crippen molar-refractivity contribution in [3.63, 3.8) is 0 Å². The molecule has 86 valence electrons. The van der Waals surface area contributed by atoms with E-state index in [9.17, 15) is 9.59 Å². The van der Waals surface area contributed by atoms with Crippen LogP contribution in [-0.4, -0.2) is 18.2 Å². The Balaban J connectivity index is 2.17. The van der Waals surface area contributed by atoms with Gasteiger partial charge in [0.25, 0.3) is 0 Å². The SMILES string of the molecule is CCCCC(=O)NC1CCC(C=O)CC1. The summed E-state index contributed by atoms with van der Waals surface area (Å²) in [5, 5.41) is 3.04. The molecule has 1 fully saturated rings. The molecule has 0 atom stereocenters. The average molecular weight is 211 g/mol. The van der Waals surface area contributed by atoms with Gasteiger partial charge in [-0.05, 0) is 32.1 Å². The lowest BCUT2D eigenvalue weighted by Crippen LogP contribution is -2.37. The molecular formula is C12H21NO2. The third-order valence-electron chi connectivity index (χ3n) is 3.09. The lowest BCUT2D eigenvalue weighted by Gasteiger charge is -2.26. The molecule has 0 aromatic rings. The second-order valence-corrected chi connectivity index (χ2v) is 4.42. The van der Waals surface area contributed by atoms with E-state index in [2.05, 4.69) is 12.2 Å². The molecule has 0 saturated heterocycles. The van der Waals surface area contributed by atoms with Crippen LogP contribution in [0.2, 0.25) is 0 Å². The normalized spacial score (nSPS) is 25.9. The van der Waals surface area contributed by atoms with E-state index >= 15 is 0 Å². The molecule has 0 aromatic carbocycles. The highest BCUT2D eigenvalue weighted by atomic mass is 16.1. The number of nitrogens with one attached hydrogen (secondary N) is 1. The Labute approximate surface area is 91.6 Å². The van der Waals surface area contributed by atoms with Gasteiger partial charge >= 0.3 is 0 Å². The molecule has 1 aliphatic rings. The van der Waals surface area contributed by atoms with Crippen LogP contribution in [0.4, 0.5) is 0 Å². The fraction of sp³-hybridized carbons (Fsp3) is 0.833. The Morgan fingerprint density at radius 1 is 1.33 bits per heavy atom. The summed E-state index contributed by atoms with van der Waals surface area (Å²) in [7, 11) is 0. The van der Waals surface area contributed by atoms with Crippen LogP contribution < -0.4 is 5.32 Å². The summed E-state index contributed by atoms with van der Waals surface area (Å²) in [6.45, 7) is 2.09. The number of rotatable bonds is 5. The maximum atomic E-state index is 11.4. The van der Waals surface area contributed by atoms with Gasteiger partial charge in [-0.25, -0.2) is 0 Å². The van der Waals surface area contributed by atoms with Gasteiger partial charge in [0.05, 0.1) is 0 Å². The quantitative estimate of drug-likeness (QED) is 0.707. The molecular weight excluding hydrogens is 190 g/mol. The first-order chi connectivity index (χ1) is 7.26. The summed E-state index contributed by atoms with van der Waals surface area (Å²) in [6, 6.07) is 0.311. The molecule has 0 aromatic heterocycles. The van der Waals surface area contributed by atoms with Crippen molar-refractivity contribution >= 4 is 12.2 Å². The standard InChI is InChI=1S/C12H21NO2/c1-2-3-4-12(15)13-11-7-5-10(9-14)6-8-11/h9-11H,2-8H2,1H3,(H,13,15). The van der Waals surface area contributed by atoms with Gasteiger partial charge in [-0.15, -0.1) is 0 Å². The van der Waals surface area contributed by atoms with Crippen LogP contribution >= 0.6 is 0 Å². The summed E-state index contributed by atoms with van der Waals surface area (Å²) in [6.07, 6.45) is 7.51. The van der Waals surface area contributed by atoms with Crippen LogP contribution in [0, 0.1) is 5.92 Å². The summed E-state index contributed by atoms with van der Waals surface area (Å²) >= 11 is 0. The fourth-order valence-electron chi connectivity index (χ4n) is 2.04. The Kier molecular flexibility index (Phi) is 5.37. The van der Waals surface area contributed by atoms with Gasteiger partial charge in [0.1, 0.15) is 6.29 Å². The van der Waals surface area contributed by atoms with E-state index in [1.807, 2.05) is 0 Å². The van der Waals surface area contributed by atoms with Crippen LogP contribution in [0.1, 0.15) is 51.9 Å². The molecule has 0 unspecified atom stereocenters. The van der Waals surface area contributed by atoms with Crippen molar-refractivity contribution in [1.82, 2.24) is 5.32 Å². The number of hydrogen-bond donors (Lipinski definition) is 1. The predicted octanol–water partition coefficient (Wildman–Crippen LogP) is 2.05. The van der Waals surface area contributed by atoms with Crippen molar-refractivity contribution in [3.8, 4) is 0 Å². The number of hydrogen-bond acceptors (Lipinski definition) is 2. The van der Waals surface area contributed by atoms with Crippen LogP contribution in [-0.2, 0) is 9.59 Å². The number of aldehydes is 1. The van der Waals surface area contributed by atoms with Gasteiger partial charge in [-0.1, -0.05) is 13.3 Å². The second kappa shape index (κ2) is 6.59. The zero-order valence-corrected chi connectivity index (χ0v) is 9.50.